The van der Waals surface area contributed by atoms with Crippen molar-refractivity contribution in [3.05, 3.63) is 11.5 Å². The zero-order chi connectivity index (χ0) is 11.3. The summed E-state index contributed by atoms with van der Waals surface area (Å²) in [5, 5.41) is 17.9. The Morgan fingerprint density at radius 2 is 1.87 bits per heavy atom. The predicted octanol–water partition coefficient (Wildman–Crippen LogP) is -0.497. The molecular weight excluding hydrogens is 220 g/mol. The summed E-state index contributed by atoms with van der Waals surface area (Å²) in [4.78, 5) is 9.32. The van der Waals surface area contributed by atoms with Crippen molar-refractivity contribution in [2.24, 2.45) is 0 Å². The van der Waals surface area contributed by atoms with Gasteiger partial charge in [0.15, 0.2) is 11.0 Å². The fraction of sp³-hybridized carbons (Fsp3) is 0.500. The second kappa shape index (κ2) is 5.69. The molecule has 7 heteroatoms. The van der Waals surface area contributed by atoms with Crippen LogP contribution in [-0.4, -0.2) is 46.5 Å². The summed E-state index contributed by atoms with van der Waals surface area (Å²) in [6.45, 7) is 0.554. The van der Waals surface area contributed by atoms with Crippen molar-refractivity contribution in [2.75, 3.05) is 36.9 Å². The molecule has 1 aromatic heterocycles. The Labute approximate surface area is 92.3 Å². The smallest absolute Gasteiger partial charge is 0.157 e. The Balaban J connectivity index is 2.94. The maximum Gasteiger partial charge on any atom is 0.157 e. The topological polar surface area (TPSA) is 95.5 Å². The second-order valence-electron chi connectivity index (χ2n) is 2.84. The summed E-state index contributed by atoms with van der Waals surface area (Å²) in [5.41, 5.74) is 5.93. The normalized spacial score (nSPS) is 10.3. The summed E-state index contributed by atoms with van der Waals surface area (Å²) < 4.78 is 0. The first kappa shape index (κ1) is 12.0. The number of hydrogen-bond acceptors (Lipinski definition) is 6. The zero-order valence-electron chi connectivity index (χ0n) is 8.10. The van der Waals surface area contributed by atoms with Crippen molar-refractivity contribution in [3.63, 3.8) is 0 Å². The van der Waals surface area contributed by atoms with Crippen LogP contribution in [0.4, 0.5) is 11.5 Å². The number of aliphatic hydroxyl groups is 2. The minimum absolute atomic E-state index is 0.0545. The number of halogens is 1. The van der Waals surface area contributed by atoms with E-state index in [1.54, 1.807) is 4.90 Å². The highest BCUT2D eigenvalue weighted by atomic mass is 35.5. The lowest BCUT2D eigenvalue weighted by atomic mass is 10.4. The lowest BCUT2D eigenvalue weighted by molar-refractivity contribution is 0.280. The summed E-state index contributed by atoms with van der Waals surface area (Å²) in [6.07, 6.45) is 1.29. The van der Waals surface area contributed by atoms with E-state index in [0.717, 1.165) is 0 Å². The van der Waals surface area contributed by atoms with Gasteiger partial charge in [-0.05, 0) is 0 Å². The minimum Gasteiger partial charge on any atom is -0.395 e. The number of nitrogen functional groups attached to an aromatic ring is 1. The number of aliphatic hydroxyl groups excluding tert-OH is 2. The number of anilines is 2. The summed E-state index contributed by atoms with van der Waals surface area (Å²) in [5.74, 6) is 0.429. The van der Waals surface area contributed by atoms with Gasteiger partial charge in [0.2, 0.25) is 0 Å². The van der Waals surface area contributed by atoms with Gasteiger partial charge in [0.05, 0.1) is 13.2 Å². The maximum atomic E-state index is 8.84. The molecule has 0 aliphatic carbocycles. The largest absolute Gasteiger partial charge is 0.395 e. The zero-order valence-corrected chi connectivity index (χ0v) is 8.85. The average Bonchev–Trinajstić information content (AvgIpc) is 2.22. The van der Waals surface area contributed by atoms with Crippen molar-refractivity contribution < 1.29 is 10.2 Å². The van der Waals surface area contributed by atoms with Crippen LogP contribution in [-0.2, 0) is 0 Å². The molecule has 0 aliphatic heterocycles. The van der Waals surface area contributed by atoms with Gasteiger partial charge in [-0.2, -0.15) is 0 Å². The van der Waals surface area contributed by atoms with Crippen molar-refractivity contribution >= 4 is 23.1 Å². The van der Waals surface area contributed by atoms with Crippen LogP contribution in [0.5, 0.6) is 0 Å². The maximum absolute atomic E-state index is 8.84. The van der Waals surface area contributed by atoms with Crippen LogP contribution in [0, 0.1) is 0 Å². The minimum atomic E-state index is -0.0545. The van der Waals surface area contributed by atoms with Crippen LogP contribution >= 0.6 is 11.6 Å². The Morgan fingerprint density at radius 3 is 2.40 bits per heavy atom. The Hall–Kier alpha value is -1.11. The molecule has 1 heterocycles. The SMILES string of the molecule is Nc1c(Cl)ncnc1N(CCO)CCO. The van der Waals surface area contributed by atoms with Crippen LogP contribution in [0.1, 0.15) is 0 Å². The summed E-state index contributed by atoms with van der Waals surface area (Å²) in [6, 6.07) is 0. The van der Waals surface area contributed by atoms with Gasteiger partial charge < -0.3 is 20.8 Å². The quantitative estimate of drug-likeness (QED) is 0.593. The molecule has 6 nitrogen and oxygen atoms in total. The lowest BCUT2D eigenvalue weighted by Crippen LogP contribution is -2.31. The molecule has 0 aliphatic rings. The first-order valence-corrected chi connectivity index (χ1v) is 4.81. The third-order valence-corrected chi connectivity index (χ3v) is 2.15. The molecule has 0 unspecified atom stereocenters. The molecule has 15 heavy (non-hydrogen) atoms. The highest BCUT2D eigenvalue weighted by molar-refractivity contribution is 6.32. The van der Waals surface area contributed by atoms with Crippen molar-refractivity contribution in [1.29, 1.82) is 0 Å². The van der Waals surface area contributed by atoms with Gasteiger partial charge in [0, 0.05) is 13.1 Å². The number of nitrogens with two attached hydrogens (primary N) is 1. The molecule has 0 saturated heterocycles. The fourth-order valence-corrected chi connectivity index (χ4v) is 1.31. The van der Waals surface area contributed by atoms with Crippen LogP contribution in [0.25, 0.3) is 0 Å². The van der Waals surface area contributed by atoms with E-state index in [2.05, 4.69) is 9.97 Å². The van der Waals surface area contributed by atoms with Crippen LogP contribution < -0.4 is 10.6 Å². The van der Waals surface area contributed by atoms with E-state index in [-0.39, 0.29) is 24.1 Å². The molecule has 0 radical (unpaired) electrons. The number of hydrogen-bond donors (Lipinski definition) is 3. The van der Waals surface area contributed by atoms with Gasteiger partial charge in [-0.25, -0.2) is 9.97 Å². The van der Waals surface area contributed by atoms with E-state index in [1.165, 1.54) is 6.33 Å². The molecule has 1 aromatic rings. The Morgan fingerprint density at radius 1 is 1.27 bits per heavy atom. The second-order valence-corrected chi connectivity index (χ2v) is 3.19. The predicted molar refractivity (Wildman–Crippen MR) is 57.8 cm³/mol. The number of nitrogens with zero attached hydrogens (tertiary/aromatic N) is 3. The lowest BCUT2D eigenvalue weighted by Gasteiger charge is -2.22. The molecular formula is C8H13ClN4O2. The average molecular weight is 233 g/mol. The number of aromatic nitrogens is 2. The van der Waals surface area contributed by atoms with Gasteiger partial charge in [0.25, 0.3) is 0 Å². The van der Waals surface area contributed by atoms with Gasteiger partial charge >= 0.3 is 0 Å². The standard InChI is InChI=1S/C8H13ClN4O2/c9-7-6(10)8(12-5-11-7)13(1-3-14)2-4-15/h5,14-15H,1-4,10H2. The molecule has 0 atom stereocenters. The van der Waals surface area contributed by atoms with Crippen LogP contribution in [0.3, 0.4) is 0 Å². The fourth-order valence-electron chi connectivity index (χ4n) is 1.18. The van der Waals surface area contributed by atoms with Gasteiger partial charge in [-0.3, -0.25) is 0 Å². The first-order valence-electron chi connectivity index (χ1n) is 4.43. The van der Waals surface area contributed by atoms with E-state index < -0.39 is 0 Å². The van der Waals surface area contributed by atoms with E-state index in [9.17, 15) is 0 Å². The van der Waals surface area contributed by atoms with Gasteiger partial charge in [-0.15, -0.1) is 0 Å². The third-order valence-electron chi connectivity index (χ3n) is 1.85. The number of rotatable bonds is 5. The van der Waals surface area contributed by atoms with Crippen molar-refractivity contribution in [3.8, 4) is 0 Å². The van der Waals surface area contributed by atoms with Gasteiger partial charge in [0.1, 0.15) is 12.0 Å². The molecule has 1 rings (SSSR count). The monoisotopic (exact) mass is 232 g/mol. The molecule has 0 spiro atoms. The van der Waals surface area contributed by atoms with E-state index in [1.807, 2.05) is 0 Å². The van der Waals surface area contributed by atoms with E-state index in [4.69, 9.17) is 27.5 Å². The summed E-state index contributed by atoms with van der Waals surface area (Å²) in [7, 11) is 0. The van der Waals surface area contributed by atoms with Gasteiger partial charge in [-0.1, -0.05) is 11.6 Å². The third kappa shape index (κ3) is 2.92. The van der Waals surface area contributed by atoms with Crippen LogP contribution in [0.15, 0.2) is 6.33 Å². The molecule has 0 amide bonds. The Kier molecular flexibility index (Phi) is 4.54. The van der Waals surface area contributed by atoms with E-state index in [0.29, 0.717) is 18.9 Å². The Bertz CT molecular complexity index is 318. The molecule has 4 N–H and O–H groups in total. The first-order chi connectivity index (χ1) is 7.20. The van der Waals surface area contributed by atoms with Crippen molar-refractivity contribution in [1.82, 2.24) is 9.97 Å². The molecule has 0 fully saturated rings. The highest BCUT2D eigenvalue weighted by Crippen LogP contribution is 2.25. The summed E-state index contributed by atoms with van der Waals surface area (Å²) >= 11 is 5.73. The molecule has 0 bridgehead atoms. The van der Waals surface area contributed by atoms with Crippen LogP contribution in [0.2, 0.25) is 5.15 Å². The van der Waals surface area contributed by atoms with Crippen molar-refractivity contribution in [2.45, 2.75) is 0 Å². The molecule has 0 aromatic carbocycles. The van der Waals surface area contributed by atoms with E-state index >= 15 is 0 Å². The molecule has 84 valence electrons. The molecule has 0 saturated carbocycles. The highest BCUT2D eigenvalue weighted by Gasteiger charge is 2.13.